The molecule has 0 spiro atoms. The number of nitriles is 1. The van der Waals surface area contributed by atoms with E-state index < -0.39 is 8.32 Å². The molecule has 2 heterocycles. The Labute approximate surface area is 147 Å². The molecule has 5 nitrogen and oxygen atoms in total. The molecule has 0 unspecified atom stereocenters. The summed E-state index contributed by atoms with van der Waals surface area (Å²) in [5.74, 6) is 0.964. The number of hydrogen-bond donors (Lipinski definition) is 0. The van der Waals surface area contributed by atoms with Gasteiger partial charge in [0.05, 0.1) is 5.56 Å². The van der Waals surface area contributed by atoms with Crippen LogP contribution >= 0.6 is 0 Å². The summed E-state index contributed by atoms with van der Waals surface area (Å²) in [5, 5.41) is 9.11. The average Bonchev–Trinajstić information content (AvgIpc) is 2.54. The maximum Gasteiger partial charge on any atom is 0.192 e. The summed E-state index contributed by atoms with van der Waals surface area (Å²) in [7, 11) is -1.64. The first-order valence-electron chi connectivity index (χ1n) is 8.70. The van der Waals surface area contributed by atoms with Crippen molar-refractivity contribution in [2.24, 2.45) is 0 Å². The molecule has 0 bridgehead atoms. The molecule has 1 aromatic heterocycles. The van der Waals surface area contributed by atoms with Gasteiger partial charge in [0.2, 0.25) is 0 Å². The lowest BCUT2D eigenvalue weighted by Crippen LogP contribution is -2.49. The van der Waals surface area contributed by atoms with Crippen molar-refractivity contribution in [3.05, 3.63) is 23.9 Å². The zero-order chi connectivity index (χ0) is 17.8. The standard InChI is InChI=1S/C18H30N4OSi/c1-18(2,3)24(4,5)23-13-12-21-8-10-22(11-9-21)17-7-6-16(14-19)15-20-17/h6-7,15H,8-13H2,1-5H3. The van der Waals surface area contributed by atoms with E-state index in [0.717, 1.165) is 45.1 Å². The molecule has 0 aromatic carbocycles. The van der Waals surface area contributed by atoms with Crippen LogP contribution in [-0.2, 0) is 4.43 Å². The number of aromatic nitrogens is 1. The van der Waals surface area contributed by atoms with Crippen LogP contribution in [0.5, 0.6) is 0 Å². The third-order valence-electron chi connectivity index (χ3n) is 5.25. The van der Waals surface area contributed by atoms with Crippen LogP contribution in [0.25, 0.3) is 0 Å². The van der Waals surface area contributed by atoms with Crippen molar-refractivity contribution in [3.63, 3.8) is 0 Å². The van der Waals surface area contributed by atoms with Crippen molar-refractivity contribution in [2.45, 2.75) is 38.9 Å². The van der Waals surface area contributed by atoms with Gasteiger partial charge >= 0.3 is 0 Å². The summed E-state index contributed by atoms with van der Waals surface area (Å²) in [6.45, 7) is 17.3. The SMILES string of the molecule is CC(C)(C)[Si](C)(C)OCCN1CCN(c2ccc(C#N)cn2)CC1. The molecule has 1 aliphatic heterocycles. The number of piperazine rings is 1. The monoisotopic (exact) mass is 346 g/mol. The first kappa shape index (κ1) is 18.9. The predicted octanol–water partition coefficient (Wildman–Crippen LogP) is 3.10. The molecule has 1 fully saturated rings. The maximum absolute atomic E-state index is 8.84. The van der Waals surface area contributed by atoms with E-state index in [2.05, 4.69) is 54.7 Å². The second-order valence-corrected chi connectivity index (χ2v) is 12.8. The van der Waals surface area contributed by atoms with Gasteiger partial charge in [-0.25, -0.2) is 4.98 Å². The second kappa shape index (κ2) is 7.64. The molecule has 24 heavy (non-hydrogen) atoms. The Balaban J connectivity index is 1.76. The number of nitrogens with zero attached hydrogens (tertiary/aromatic N) is 4. The Morgan fingerprint density at radius 1 is 1.21 bits per heavy atom. The minimum absolute atomic E-state index is 0.271. The zero-order valence-electron chi connectivity index (χ0n) is 15.7. The zero-order valence-corrected chi connectivity index (χ0v) is 16.7. The van der Waals surface area contributed by atoms with Crippen LogP contribution in [-0.4, -0.2) is 57.5 Å². The number of hydrogen-bond acceptors (Lipinski definition) is 5. The van der Waals surface area contributed by atoms with E-state index in [1.807, 2.05) is 12.1 Å². The summed E-state index contributed by atoms with van der Waals surface area (Å²) in [4.78, 5) is 9.14. The molecular weight excluding hydrogens is 316 g/mol. The third kappa shape index (κ3) is 4.79. The smallest absolute Gasteiger partial charge is 0.192 e. The van der Waals surface area contributed by atoms with Gasteiger partial charge in [-0.05, 0) is 30.3 Å². The van der Waals surface area contributed by atoms with Gasteiger partial charge in [0.25, 0.3) is 0 Å². The summed E-state index contributed by atoms with van der Waals surface area (Å²) in [6.07, 6.45) is 1.65. The number of anilines is 1. The van der Waals surface area contributed by atoms with Crippen LogP contribution < -0.4 is 4.90 Å². The number of pyridine rings is 1. The summed E-state index contributed by atoms with van der Waals surface area (Å²) in [6, 6.07) is 5.88. The molecule has 0 radical (unpaired) electrons. The van der Waals surface area contributed by atoms with Gasteiger partial charge in [-0.15, -0.1) is 0 Å². The van der Waals surface area contributed by atoms with Gasteiger partial charge in [-0.2, -0.15) is 5.26 Å². The van der Waals surface area contributed by atoms with Gasteiger partial charge in [0.15, 0.2) is 8.32 Å². The highest BCUT2D eigenvalue weighted by atomic mass is 28.4. The van der Waals surface area contributed by atoms with Crippen LogP contribution in [0, 0.1) is 11.3 Å². The molecular formula is C18H30N4OSi. The lowest BCUT2D eigenvalue weighted by molar-refractivity contribution is 0.190. The molecule has 2 rings (SSSR count). The van der Waals surface area contributed by atoms with Crippen LogP contribution in [0.1, 0.15) is 26.3 Å². The Kier molecular flexibility index (Phi) is 6.02. The molecule has 0 aliphatic carbocycles. The lowest BCUT2D eigenvalue weighted by atomic mass is 10.2. The Morgan fingerprint density at radius 3 is 2.38 bits per heavy atom. The van der Waals surface area contributed by atoms with Crippen molar-refractivity contribution < 1.29 is 4.43 Å². The summed E-state index contributed by atoms with van der Waals surface area (Å²) in [5.41, 5.74) is 0.611. The quantitative estimate of drug-likeness (QED) is 0.767. The van der Waals surface area contributed by atoms with E-state index in [1.54, 1.807) is 6.20 Å². The molecule has 0 amide bonds. The minimum Gasteiger partial charge on any atom is -0.416 e. The normalized spacial score (nSPS) is 16.9. The highest BCUT2D eigenvalue weighted by Gasteiger charge is 2.37. The summed E-state index contributed by atoms with van der Waals surface area (Å²) >= 11 is 0. The fourth-order valence-corrected chi connectivity index (χ4v) is 3.52. The molecule has 1 aromatic rings. The van der Waals surface area contributed by atoms with Crippen molar-refractivity contribution in [2.75, 3.05) is 44.2 Å². The van der Waals surface area contributed by atoms with Crippen molar-refractivity contribution >= 4 is 14.1 Å². The van der Waals surface area contributed by atoms with E-state index in [1.165, 1.54) is 0 Å². The van der Waals surface area contributed by atoms with Crippen LogP contribution in [0.4, 0.5) is 5.82 Å². The highest BCUT2D eigenvalue weighted by Crippen LogP contribution is 2.36. The molecule has 0 N–H and O–H groups in total. The van der Waals surface area contributed by atoms with Gasteiger partial charge in [0, 0.05) is 45.5 Å². The highest BCUT2D eigenvalue weighted by molar-refractivity contribution is 6.74. The molecule has 132 valence electrons. The van der Waals surface area contributed by atoms with E-state index >= 15 is 0 Å². The average molecular weight is 347 g/mol. The predicted molar refractivity (Wildman–Crippen MR) is 101 cm³/mol. The largest absolute Gasteiger partial charge is 0.416 e. The second-order valence-electron chi connectivity index (χ2n) is 7.95. The topological polar surface area (TPSA) is 52.4 Å². The van der Waals surface area contributed by atoms with Gasteiger partial charge in [-0.1, -0.05) is 20.8 Å². The molecule has 0 atom stereocenters. The fourth-order valence-electron chi connectivity index (χ4n) is 2.49. The lowest BCUT2D eigenvalue weighted by Gasteiger charge is -2.38. The van der Waals surface area contributed by atoms with E-state index in [4.69, 9.17) is 9.69 Å². The van der Waals surface area contributed by atoms with Crippen LogP contribution in [0.2, 0.25) is 18.1 Å². The minimum atomic E-state index is -1.64. The van der Waals surface area contributed by atoms with Crippen molar-refractivity contribution in [3.8, 4) is 6.07 Å². The van der Waals surface area contributed by atoms with E-state index in [-0.39, 0.29) is 5.04 Å². The van der Waals surface area contributed by atoms with Gasteiger partial charge in [0.1, 0.15) is 11.9 Å². The Hall–Kier alpha value is -1.42. The van der Waals surface area contributed by atoms with E-state index in [9.17, 15) is 0 Å². The van der Waals surface area contributed by atoms with Crippen molar-refractivity contribution in [1.82, 2.24) is 9.88 Å². The molecule has 1 saturated heterocycles. The molecule has 6 heteroatoms. The number of rotatable bonds is 5. The fraction of sp³-hybridized carbons (Fsp3) is 0.667. The van der Waals surface area contributed by atoms with Gasteiger partial charge < -0.3 is 9.33 Å². The Bertz CT molecular complexity index is 566. The van der Waals surface area contributed by atoms with Crippen LogP contribution in [0.3, 0.4) is 0 Å². The third-order valence-corrected chi connectivity index (χ3v) is 9.79. The first-order chi connectivity index (χ1) is 11.2. The van der Waals surface area contributed by atoms with E-state index in [0.29, 0.717) is 5.56 Å². The van der Waals surface area contributed by atoms with Gasteiger partial charge in [-0.3, -0.25) is 4.90 Å². The van der Waals surface area contributed by atoms with Crippen molar-refractivity contribution in [1.29, 1.82) is 5.26 Å². The maximum atomic E-state index is 8.84. The summed E-state index contributed by atoms with van der Waals surface area (Å²) < 4.78 is 6.27. The molecule has 1 aliphatic rings. The Morgan fingerprint density at radius 2 is 1.88 bits per heavy atom. The molecule has 0 saturated carbocycles. The van der Waals surface area contributed by atoms with Crippen LogP contribution in [0.15, 0.2) is 18.3 Å². The first-order valence-corrected chi connectivity index (χ1v) is 11.6.